The number of aryl methyl sites for hydroxylation is 1. The van der Waals surface area contributed by atoms with Crippen LogP contribution >= 0.6 is 15.9 Å². The van der Waals surface area contributed by atoms with Gasteiger partial charge in [-0.2, -0.15) is 0 Å². The molecule has 0 aromatic heterocycles. The third-order valence-corrected chi connectivity index (χ3v) is 5.42. The van der Waals surface area contributed by atoms with Gasteiger partial charge in [0.15, 0.2) is 0 Å². The lowest BCUT2D eigenvalue weighted by Gasteiger charge is -2.49. The standard InChI is InChI=1S/C16H25BrN2/c1-12-10-14(7-8-15(12)17)19-9-5-6-13(11-18-4)16(19,2)3/h7-8,10,13,18H,5-6,9,11H2,1-4H3. The number of anilines is 1. The fraction of sp³-hybridized carbons (Fsp3) is 0.625. The van der Waals surface area contributed by atoms with E-state index >= 15 is 0 Å². The maximum absolute atomic E-state index is 3.59. The highest BCUT2D eigenvalue weighted by atomic mass is 79.9. The van der Waals surface area contributed by atoms with Gasteiger partial charge in [-0.25, -0.2) is 0 Å². The molecular weight excluding hydrogens is 300 g/mol. The molecule has 0 aliphatic carbocycles. The van der Waals surface area contributed by atoms with Crippen molar-refractivity contribution < 1.29 is 0 Å². The van der Waals surface area contributed by atoms with E-state index in [9.17, 15) is 0 Å². The van der Waals surface area contributed by atoms with Crippen LogP contribution in [0.15, 0.2) is 22.7 Å². The number of piperidine rings is 1. The summed E-state index contributed by atoms with van der Waals surface area (Å²) in [6.45, 7) is 9.18. The van der Waals surface area contributed by atoms with Gasteiger partial charge < -0.3 is 10.2 Å². The summed E-state index contributed by atoms with van der Waals surface area (Å²) in [5, 5.41) is 3.35. The van der Waals surface area contributed by atoms with Crippen molar-refractivity contribution in [1.82, 2.24) is 5.32 Å². The molecule has 19 heavy (non-hydrogen) atoms. The lowest BCUT2D eigenvalue weighted by molar-refractivity contribution is 0.234. The molecule has 1 aliphatic heterocycles. The number of rotatable bonds is 3. The SMILES string of the molecule is CNCC1CCCN(c2ccc(Br)c(C)c2)C1(C)C. The van der Waals surface area contributed by atoms with Crippen LogP contribution in [0.2, 0.25) is 0 Å². The van der Waals surface area contributed by atoms with Gasteiger partial charge in [0.1, 0.15) is 0 Å². The Labute approximate surface area is 125 Å². The second-order valence-electron chi connectivity index (χ2n) is 6.14. The molecule has 106 valence electrons. The number of nitrogens with one attached hydrogen (secondary N) is 1. The second kappa shape index (κ2) is 5.84. The number of hydrogen-bond acceptors (Lipinski definition) is 2. The van der Waals surface area contributed by atoms with Gasteiger partial charge in [-0.3, -0.25) is 0 Å². The summed E-state index contributed by atoms with van der Waals surface area (Å²) in [5.41, 5.74) is 2.87. The number of benzene rings is 1. The van der Waals surface area contributed by atoms with Crippen LogP contribution in [0.25, 0.3) is 0 Å². The molecule has 1 atom stereocenters. The summed E-state index contributed by atoms with van der Waals surface area (Å²) in [7, 11) is 2.05. The molecule has 1 aromatic carbocycles. The number of hydrogen-bond donors (Lipinski definition) is 1. The lowest BCUT2D eigenvalue weighted by Crippen LogP contribution is -2.55. The molecule has 1 aromatic rings. The fourth-order valence-electron chi connectivity index (χ4n) is 3.21. The van der Waals surface area contributed by atoms with Crippen molar-refractivity contribution in [3.05, 3.63) is 28.2 Å². The molecule has 1 unspecified atom stereocenters. The molecule has 2 rings (SSSR count). The number of halogens is 1. The summed E-state index contributed by atoms with van der Waals surface area (Å²) < 4.78 is 1.19. The zero-order valence-corrected chi connectivity index (χ0v) is 14.0. The van der Waals surface area contributed by atoms with E-state index in [-0.39, 0.29) is 5.54 Å². The van der Waals surface area contributed by atoms with Gasteiger partial charge in [-0.1, -0.05) is 15.9 Å². The first-order valence-corrected chi connectivity index (χ1v) is 7.94. The van der Waals surface area contributed by atoms with Crippen molar-refractivity contribution in [3.8, 4) is 0 Å². The van der Waals surface area contributed by atoms with E-state index in [0.717, 1.165) is 13.1 Å². The highest BCUT2D eigenvalue weighted by Crippen LogP contribution is 2.37. The van der Waals surface area contributed by atoms with E-state index in [1.54, 1.807) is 0 Å². The van der Waals surface area contributed by atoms with Gasteiger partial charge >= 0.3 is 0 Å². The summed E-state index contributed by atoms with van der Waals surface area (Å²) in [6, 6.07) is 6.70. The largest absolute Gasteiger partial charge is 0.366 e. The smallest absolute Gasteiger partial charge is 0.0386 e. The van der Waals surface area contributed by atoms with Crippen LogP contribution in [0, 0.1) is 12.8 Å². The molecule has 1 N–H and O–H groups in total. The topological polar surface area (TPSA) is 15.3 Å². The summed E-state index contributed by atoms with van der Waals surface area (Å²) >= 11 is 3.59. The van der Waals surface area contributed by atoms with Gasteiger partial charge in [-0.05, 0) is 76.9 Å². The molecule has 1 heterocycles. The maximum Gasteiger partial charge on any atom is 0.0386 e. The first-order valence-electron chi connectivity index (χ1n) is 7.15. The summed E-state index contributed by atoms with van der Waals surface area (Å²) in [6.07, 6.45) is 2.60. The van der Waals surface area contributed by atoms with Crippen molar-refractivity contribution in [2.75, 3.05) is 25.0 Å². The molecule has 1 aliphatic rings. The predicted octanol–water partition coefficient (Wildman–Crippen LogP) is 3.97. The highest BCUT2D eigenvalue weighted by Gasteiger charge is 2.38. The molecule has 0 amide bonds. The van der Waals surface area contributed by atoms with Crippen LogP contribution < -0.4 is 10.2 Å². The zero-order chi connectivity index (χ0) is 14.0. The Balaban J connectivity index is 2.29. The Bertz CT molecular complexity index is 440. The Morgan fingerprint density at radius 3 is 2.79 bits per heavy atom. The fourth-order valence-corrected chi connectivity index (χ4v) is 3.46. The van der Waals surface area contributed by atoms with Crippen LogP contribution in [0.5, 0.6) is 0 Å². The molecule has 0 bridgehead atoms. The van der Waals surface area contributed by atoms with Gasteiger partial charge in [0.2, 0.25) is 0 Å². The van der Waals surface area contributed by atoms with E-state index in [4.69, 9.17) is 0 Å². The van der Waals surface area contributed by atoms with Crippen molar-refractivity contribution in [2.24, 2.45) is 5.92 Å². The van der Waals surface area contributed by atoms with Crippen LogP contribution in [0.1, 0.15) is 32.3 Å². The molecular formula is C16H25BrN2. The van der Waals surface area contributed by atoms with E-state index in [0.29, 0.717) is 5.92 Å². The minimum atomic E-state index is 0.210. The predicted molar refractivity (Wildman–Crippen MR) is 87.0 cm³/mol. The van der Waals surface area contributed by atoms with Crippen LogP contribution in [-0.4, -0.2) is 25.7 Å². The summed E-state index contributed by atoms with van der Waals surface area (Å²) in [4.78, 5) is 2.58. The van der Waals surface area contributed by atoms with Gasteiger partial charge in [0.05, 0.1) is 0 Å². The minimum Gasteiger partial charge on any atom is -0.366 e. The Kier molecular flexibility index (Phi) is 4.57. The first-order chi connectivity index (χ1) is 8.96. The van der Waals surface area contributed by atoms with Crippen LogP contribution in [0.3, 0.4) is 0 Å². The first kappa shape index (κ1) is 14.9. The Morgan fingerprint density at radius 1 is 1.42 bits per heavy atom. The van der Waals surface area contributed by atoms with Gasteiger partial charge in [0, 0.05) is 22.2 Å². The van der Waals surface area contributed by atoms with E-state index in [1.807, 2.05) is 0 Å². The van der Waals surface area contributed by atoms with E-state index in [1.165, 1.54) is 28.6 Å². The van der Waals surface area contributed by atoms with E-state index < -0.39 is 0 Å². The molecule has 0 spiro atoms. The molecule has 0 saturated carbocycles. The third-order valence-electron chi connectivity index (χ3n) is 4.53. The van der Waals surface area contributed by atoms with Crippen molar-refractivity contribution in [1.29, 1.82) is 0 Å². The van der Waals surface area contributed by atoms with Gasteiger partial charge in [-0.15, -0.1) is 0 Å². The highest BCUT2D eigenvalue weighted by molar-refractivity contribution is 9.10. The normalized spacial score (nSPS) is 22.6. The van der Waals surface area contributed by atoms with Crippen LogP contribution in [0.4, 0.5) is 5.69 Å². The quantitative estimate of drug-likeness (QED) is 0.904. The van der Waals surface area contributed by atoms with E-state index in [2.05, 4.69) is 72.2 Å². The Hall–Kier alpha value is -0.540. The number of nitrogens with zero attached hydrogens (tertiary/aromatic N) is 1. The molecule has 0 radical (unpaired) electrons. The summed E-state index contributed by atoms with van der Waals surface area (Å²) in [5.74, 6) is 0.704. The molecule has 3 heteroatoms. The molecule has 1 fully saturated rings. The molecule has 1 saturated heterocycles. The van der Waals surface area contributed by atoms with Crippen LogP contribution in [-0.2, 0) is 0 Å². The minimum absolute atomic E-state index is 0.210. The van der Waals surface area contributed by atoms with Crippen molar-refractivity contribution in [2.45, 2.75) is 39.2 Å². The van der Waals surface area contributed by atoms with Crippen molar-refractivity contribution in [3.63, 3.8) is 0 Å². The Morgan fingerprint density at radius 2 is 2.16 bits per heavy atom. The van der Waals surface area contributed by atoms with Gasteiger partial charge in [0.25, 0.3) is 0 Å². The maximum atomic E-state index is 3.59. The van der Waals surface area contributed by atoms with Crippen molar-refractivity contribution >= 4 is 21.6 Å². The molecule has 2 nitrogen and oxygen atoms in total. The average molecular weight is 325 g/mol. The zero-order valence-electron chi connectivity index (χ0n) is 12.5. The average Bonchev–Trinajstić information content (AvgIpc) is 2.35. The lowest BCUT2D eigenvalue weighted by atomic mass is 9.78. The third kappa shape index (κ3) is 2.97. The second-order valence-corrected chi connectivity index (χ2v) is 6.99. The monoisotopic (exact) mass is 324 g/mol.